The van der Waals surface area contributed by atoms with E-state index in [2.05, 4.69) is 0 Å². The normalized spacial score (nSPS) is 10.5. The highest BCUT2D eigenvalue weighted by Crippen LogP contribution is 2.34. The zero-order chi connectivity index (χ0) is 13.0. The van der Waals surface area contributed by atoms with Crippen LogP contribution < -0.4 is 4.74 Å². The van der Waals surface area contributed by atoms with Gasteiger partial charge < -0.3 is 9.47 Å². The first-order valence-corrected chi connectivity index (χ1v) is 6.06. The van der Waals surface area contributed by atoms with E-state index in [1.807, 2.05) is 0 Å². The summed E-state index contributed by atoms with van der Waals surface area (Å²) in [5, 5.41) is 0.746. The minimum Gasteiger partial charge on any atom is -0.495 e. The van der Waals surface area contributed by atoms with Crippen LogP contribution in [0.3, 0.4) is 0 Å². The Morgan fingerprint density at radius 2 is 1.88 bits per heavy atom. The molecule has 0 unspecified atom stereocenters. The van der Waals surface area contributed by atoms with Gasteiger partial charge in [-0.1, -0.05) is 46.4 Å². The highest BCUT2D eigenvalue weighted by atomic mass is 35.5. The molecule has 0 radical (unpaired) electrons. The van der Waals surface area contributed by atoms with E-state index in [0.717, 1.165) is 0 Å². The number of halogens is 4. The minimum atomic E-state index is -1.24. The van der Waals surface area contributed by atoms with Crippen LogP contribution in [0.25, 0.3) is 0 Å². The van der Waals surface area contributed by atoms with Crippen molar-refractivity contribution < 1.29 is 14.3 Å². The van der Waals surface area contributed by atoms with Crippen molar-refractivity contribution in [1.82, 2.24) is 0 Å². The number of alkyl halides is 2. The first-order chi connectivity index (χ1) is 7.97. The van der Waals surface area contributed by atoms with E-state index in [9.17, 15) is 4.79 Å². The monoisotopic (exact) mass is 316 g/mol. The first-order valence-electron chi connectivity index (χ1n) is 4.43. The Morgan fingerprint density at radius 1 is 1.29 bits per heavy atom. The molecule has 17 heavy (non-hydrogen) atoms. The van der Waals surface area contributed by atoms with Crippen LogP contribution >= 0.6 is 46.4 Å². The molecule has 1 aromatic rings. The molecule has 0 bridgehead atoms. The van der Waals surface area contributed by atoms with Crippen LogP contribution in [0.1, 0.15) is 5.56 Å². The van der Waals surface area contributed by atoms with Crippen molar-refractivity contribution in [1.29, 1.82) is 0 Å². The van der Waals surface area contributed by atoms with Crippen LogP contribution in [0.4, 0.5) is 0 Å². The van der Waals surface area contributed by atoms with E-state index >= 15 is 0 Å². The first kappa shape index (κ1) is 14.7. The van der Waals surface area contributed by atoms with E-state index in [0.29, 0.717) is 21.4 Å². The van der Waals surface area contributed by atoms with Crippen LogP contribution in [0.15, 0.2) is 12.1 Å². The molecule has 94 valence electrons. The Hall–Kier alpha value is -0.350. The molecule has 0 aliphatic heterocycles. The molecule has 0 N–H and O–H groups in total. The number of ether oxygens (including phenoxy) is 2. The van der Waals surface area contributed by atoms with E-state index in [1.165, 1.54) is 7.11 Å². The molecule has 0 amide bonds. The lowest BCUT2D eigenvalue weighted by molar-refractivity contribution is -0.142. The van der Waals surface area contributed by atoms with Gasteiger partial charge in [0.1, 0.15) is 12.4 Å². The summed E-state index contributed by atoms with van der Waals surface area (Å²) in [7, 11) is 1.44. The summed E-state index contributed by atoms with van der Waals surface area (Å²) in [5.41, 5.74) is 0.462. The maximum atomic E-state index is 11.1. The average molecular weight is 318 g/mol. The summed E-state index contributed by atoms with van der Waals surface area (Å²) in [6.45, 7) is -0.114. The molecule has 0 heterocycles. The predicted octanol–water partition coefficient (Wildman–Crippen LogP) is 3.85. The molecule has 0 saturated heterocycles. The van der Waals surface area contributed by atoms with Gasteiger partial charge >= 0.3 is 5.97 Å². The largest absolute Gasteiger partial charge is 0.495 e. The molecule has 0 aliphatic carbocycles. The van der Waals surface area contributed by atoms with Gasteiger partial charge in [0.05, 0.1) is 22.7 Å². The summed E-state index contributed by atoms with van der Waals surface area (Å²) in [4.78, 5) is 9.87. The topological polar surface area (TPSA) is 35.5 Å². The van der Waals surface area contributed by atoms with Crippen molar-refractivity contribution in [3.8, 4) is 5.75 Å². The number of methoxy groups -OCH3 is 1. The molecule has 0 aliphatic rings. The molecule has 0 aromatic heterocycles. The molecule has 1 aromatic carbocycles. The Morgan fingerprint density at radius 3 is 2.41 bits per heavy atom. The third kappa shape index (κ3) is 3.81. The maximum Gasteiger partial charge on any atom is 0.339 e. The third-order valence-electron chi connectivity index (χ3n) is 1.90. The van der Waals surface area contributed by atoms with E-state index in [-0.39, 0.29) is 6.61 Å². The molecule has 1 rings (SSSR count). The molecular formula is C10H8Cl4O3. The van der Waals surface area contributed by atoms with Gasteiger partial charge in [-0.15, -0.1) is 0 Å². The smallest absolute Gasteiger partial charge is 0.339 e. The Labute approximate surface area is 118 Å². The summed E-state index contributed by atoms with van der Waals surface area (Å²) in [6.07, 6.45) is 0. The van der Waals surface area contributed by atoms with Gasteiger partial charge in [0.2, 0.25) is 4.84 Å². The number of benzene rings is 1. The average Bonchev–Trinajstić information content (AvgIpc) is 2.29. The zero-order valence-corrected chi connectivity index (χ0v) is 11.7. The SMILES string of the molecule is COc1c(Cl)ccc(Cl)c1COC(=O)C(Cl)Cl. The van der Waals surface area contributed by atoms with E-state index < -0.39 is 10.8 Å². The third-order valence-corrected chi connectivity index (χ3v) is 2.90. The van der Waals surface area contributed by atoms with Crippen LogP contribution in [-0.4, -0.2) is 17.9 Å². The summed E-state index contributed by atoms with van der Waals surface area (Å²) >= 11 is 22.5. The Bertz CT molecular complexity index is 420. The summed E-state index contributed by atoms with van der Waals surface area (Å²) < 4.78 is 9.92. The zero-order valence-electron chi connectivity index (χ0n) is 8.68. The Balaban J connectivity index is 2.90. The number of carbonyl (C=O) groups is 1. The lowest BCUT2D eigenvalue weighted by Gasteiger charge is -2.12. The second-order valence-electron chi connectivity index (χ2n) is 2.95. The van der Waals surface area contributed by atoms with Gasteiger partial charge in [-0.2, -0.15) is 0 Å². The van der Waals surface area contributed by atoms with Crippen LogP contribution in [0, 0.1) is 0 Å². The van der Waals surface area contributed by atoms with Gasteiger partial charge in [0.15, 0.2) is 0 Å². The van der Waals surface area contributed by atoms with Crippen molar-refractivity contribution in [2.45, 2.75) is 11.4 Å². The molecule has 0 spiro atoms. The molecule has 0 atom stereocenters. The van der Waals surface area contributed by atoms with Crippen LogP contribution in [0.2, 0.25) is 10.0 Å². The fraction of sp³-hybridized carbons (Fsp3) is 0.300. The minimum absolute atomic E-state index is 0.114. The molecule has 3 nitrogen and oxygen atoms in total. The summed E-state index contributed by atoms with van der Waals surface area (Å²) in [6, 6.07) is 3.16. The van der Waals surface area contributed by atoms with E-state index in [1.54, 1.807) is 12.1 Å². The van der Waals surface area contributed by atoms with Gasteiger partial charge in [-0.25, -0.2) is 4.79 Å². The van der Waals surface area contributed by atoms with Crippen LogP contribution in [-0.2, 0) is 16.1 Å². The molecular weight excluding hydrogens is 310 g/mol. The maximum absolute atomic E-state index is 11.1. The highest BCUT2D eigenvalue weighted by molar-refractivity contribution is 6.52. The number of carbonyl (C=O) groups excluding carboxylic acids is 1. The van der Waals surface area contributed by atoms with Gasteiger partial charge in [-0.05, 0) is 12.1 Å². The van der Waals surface area contributed by atoms with Crippen LogP contribution in [0.5, 0.6) is 5.75 Å². The van der Waals surface area contributed by atoms with Crippen molar-refractivity contribution in [2.75, 3.05) is 7.11 Å². The number of hydrogen-bond donors (Lipinski definition) is 0. The highest BCUT2D eigenvalue weighted by Gasteiger charge is 2.17. The molecule has 0 saturated carbocycles. The quantitative estimate of drug-likeness (QED) is 0.625. The van der Waals surface area contributed by atoms with Crippen molar-refractivity contribution in [3.63, 3.8) is 0 Å². The summed E-state index contributed by atoms with van der Waals surface area (Å²) in [5.74, 6) is -0.404. The predicted molar refractivity (Wildman–Crippen MR) is 68.3 cm³/mol. The lowest BCUT2D eigenvalue weighted by Crippen LogP contribution is -2.12. The Kier molecular flexibility index (Phi) is 5.67. The van der Waals surface area contributed by atoms with Crippen molar-refractivity contribution in [3.05, 3.63) is 27.7 Å². The number of hydrogen-bond acceptors (Lipinski definition) is 3. The fourth-order valence-electron chi connectivity index (χ4n) is 1.14. The molecule has 0 fully saturated rings. The van der Waals surface area contributed by atoms with E-state index in [4.69, 9.17) is 55.9 Å². The van der Waals surface area contributed by atoms with Gasteiger partial charge in [-0.3, -0.25) is 0 Å². The van der Waals surface area contributed by atoms with Gasteiger partial charge in [0.25, 0.3) is 0 Å². The second-order valence-corrected chi connectivity index (χ2v) is 4.86. The standard InChI is InChI=1S/C10H8Cl4O3/c1-16-8-5(4-17-10(15)9(13)14)6(11)2-3-7(8)12/h2-3,9H,4H2,1H3. The fourth-order valence-corrected chi connectivity index (χ4v) is 1.72. The van der Waals surface area contributed by atoms with Gasteiger partial charge in [0, 0.05) is 0 Å². The number of esters is 1. The molecule has 7 heteroatoms. The second kappa shape index (κ2) is 6.55. The number of rotatable bonds is 4. The lowest BCUT2D eigenvalue weighted by atomic mass is 10.2. The van der Waals surface area contributed by atoms with Crippen molar-refractivity contribution >= 4 is 52.4 Å². The van der Waals surface area contributed by atoms with Crippen molar-refractivity contribution in [2.24, 2.45) is 0 Å².